The maximum atomic E-state index is 11.2. The highest BCUT2D eigenvalue weighted by atomic mass is 16.6. The summed E-state index contributed by atoms with van der Waals surface area (Å²) in [5.74, 6) is -1.40. The van der Waals surface area contributed by atoms with Gasteiger partial charge in [-0.2, -0.15) is 0 Å². The van der Waals surface area contributed by atoms with E-state index in [2.05, 4.69) is 10.1 Å². The molecule has 0 aromatic carbocycles. The van der Waals surface area contributed by atoms with Crippen LogP contribution in [0.1, 0.15) is 6.92 Å². The average molecular weight is 219 g/mol. The highest BCUT2D eigenvalue weighted by Crippen LogP contribution is 2.16. The van der Waals surface area contributed by atoms with Crippen molar-refractivity contribution >= 4 is 11.9 Å². The maximum Gasteiger partial charge on any atom is 0.331 e. The third-order valence-electron chi connectivity index (χ3n) is 2.13. The lowest BCUT2D eigenvalue weighted by atomic mass is 9.98. The minimum absolute atomic E-state index is 0.523. The zero-order chi connectivity index (χ0) is 11.6. The normalized spacial score (nSPS) is 35.9. The monoisotopic (exact) mass is 219 g/mol. The molecule has 1 saturated heterocycles. The predicted molar refractivity (Wildman–Crippen MR) is 46.6 cm³/mol. The Labute approximate surface area is 85.7 Å². The molecule has 0 aromatic rings. The third-order valence-corrected chi connectivity index (χ3v) is 2.13. The number of carbonyl (C=O) groups excluding carboxylic acids is 2. The van der Waals surface area contributed by atoms with Crippen molar-refractivity contribution < 1.29 is 29.6 Å². The molecule has 86 valence electrons. The van der Waals surface area contributed by atoms with Crippen molar-refractivity contribution in [3.63, 3.8) is 0 Å². The Morgan fingerprint density at radius 2 is 2.07 bits per heavy atom. The Hall–Kier alpha value is -1.18. The van der Waals surface area contributed by atoms with Gasteiger partial charge in [0, 0.05) is 6.92 Å². The van der Waals surface area contributed by atoms with Gasteiger partial charge in [-0.3, -0.25) is 4.79 Å². The van der Waals surface area contributed by atoms with Gasteiger partial charge in [-0.15, -0.1) is 0 Å². The van der Waals surface area contributed by atoms with Gasteiger partial charge >= 0.3 is 5.97 Å². The van der Waals surface area contributed by atoms with Gasteiger partial charge < -0.3 is 25.4 Å². The quantitative estimate of drug-likeness (QED) is 0.371. The van der Waals surface area contributed by atoms with Gasteiger partial charge in [0.2, 0.25) is 5.91 Å². The van der Waals surface area contributed by atoms with Crippen LogP contribution in [0.15, 0.2) is 0 Å². The zero-order valence-electron chi connectivity index (χ0n) is 8.08. The van der Waals surface area contributed by atoms with Crippen LogP contribution in [-0.2, 0) is 14.3 Å². The van der Waals surface area contributed by atoms with Crippen LogP contribution in [0, 0.1) is 0 Å². The molecule has 0 aromatic heterocycles. The van der Waals surface area contributed by atoms with E-state index in [0.717, 1.165) is 0 Å². The summed E-state index contributed by atoms with van der Waals surface area (Å²) in [6.45, 7) is 0.585. The van der Waals surface area contributed by atoms with Crippen LogP contribution in [0.2, 0.25) is 0 Å². The summed E-state index contributed by atoms with van der Waals surface area (Å²) in [6, 6.07) is -1.29. The predicted octanol–water partition coefficient (Wildman–Crippen LogP) is -2.87. The third kappa shape index (κ3) is 2.44. The van der Waals surface area contributed by atoms with Gasteiger partial charge in [0.15, 0.2) is 12.1 Å². The summed E-state index contributed by atoms with van der Waals surface area (Å²) < 4.78 is 4.62. The van der Waals surface area contributed by atoms with E-state index in [0.29, 0.717) is 0 Å². The number of cyclic esters (lactones) is 1. The van der Waals surface area contributed by atoms with Crippen LogP contribution in [0.25, 0.3) is 0 Å². The Balaban J connectivity index is 2.74. The van der Waals surface area contributed by atoms with Crippen LogP contribution in [0.4, 0.5) is 0 Å². The van der Waals surface area contributed by atoms with Crippen molar-refractivity contribution in [1.29, 1.82) is 0 Å². The number of esters is 1. The molecule has 1 aliphatic rings. The molecule has 1 fully saturated rings. The van der Waals surface area contributed by atoms with Crippen LogP contribution in [0.5, 0.6) is 0 Å². The molecule has 7 heteroatoms. The van der Waals surface area contributed by atoms with E-state index in [1.54, 1.807) is 0 Å². The molecule has 4 N–H and O–H groups in total. The second kappa shape index (κ2) is 4.56. The molecular weight excluding hydrogens is 206 g/mol. The molecule has 1 aliphatic heterocycles. The van der Waals surface area contributed by atoms with Crippen LogP contribution in [-0.4, -0.2) is 58.2 Å². The molecule has 0 bridgehead atoms. The molecule has 15 heavy (non-hydrogen) atoms. The van der Waals surface area contributed by atoms with Gasteiger partial charge in [-0.1, -0.05) is 0 Å². The minimum Gasteiger partial charge on any atom is -0.455 e. The highest BCUT2D eigenvalue weighted by Gasteiger charge is 2.44. The van der Waals surface area contributed by atoms with Crippen molar-refractivity contribution in [2.75, 3.05) is 6.61 Å². The standard InChI is InChI=1S/C8H13NO6/c1-3(11)9-5-7(13)6(12)4(2-10)15-8(5)14/h4-7,10,12-13H,2H2,1H3,(H,9,11)/t4-,5-,6+,7-/m0/s1. The number of carbonyl (C=O) groups is 2. The van der Waals surface area contributed by atoms with Crippen molar-refractivity contribution in [1.82, 2.24) is 5.32 Å². The number of amides is 1. The summed E-state index contributed by atoms with van der Waals surface area (Å²) in [5, 5.41) is 29.8. The van der Waals surface area contributed by atoms with E-state index in [1.807, 2.05) is 0 Å². The van der Waals surface area contributed by atoms with Gasteiger partial charge in [0.25, 0.3) is 0 Å². The van der Waals surface area contributed by atoms with Crippen molar-refractivity contribution in [2.24, 2.45) is 0 Å². The zero-order valence-corrected chi connectivity index (χ0v) is 8.08. The number of aliphatic hydroxyl groups excluding tert-OH is 3. The maximum absolute atomic E-state index is 11.2. The molecule has 7 nitrogen and oxygen atoms in total. The number of hydrogen-bond donors (Lipinski definition) is 4. The van der Waals surface area contributed by atoms with Gasteiger partial charge in [-0.05, 0) is 0 Å². The summed E-state index contributed by atoms with van der Waals surface area (Å²) in [4.78, 5) is 21.9. The van der Waals surface area contributed by atoms with Crippen LogP contribution < -0.4 is 5.32 Å². The molecule has 0 aliphatic carbocycles. The Morgan fingerprint density at radius 1 is 1.47 bits per heavy atom. The highest BCUT2D eigenvalue weighted by molar-refractivity contribution is 5.84. The SMILES string of the molecule is CC(=O)N[C@@H]1C(=O)O[C@@H](CO)[C@@H](O)[C@H]1O. The lowest BCUT2D eigenvalue weighted by molar-refractivity contribution is -0.189. The second-order valence-corrected chi connectivity index (χ2v) is 3.32. The molecular formula is C8H13NO6. The lowest BCUT2D eigenvalue weighted by Crippen LogP contribution is -2.62. The first-order valence-corrected chi connectivity index (χ1v) is 4.42. The largest absolute Gasteiger partial charge is 0.455 e. The van der Waals surface area contributed by atoms with Gasteiger partial charge in [0.05, 0.1) is 6.61 Å². The number of rotatable bonds is 2. The van der Waals surface area contributed by atoms with E-state index in [1.165, 1.54) is 6.92 Å². The van der Waals surface area contributed by atoms with E-state index in [4.69, 9.17) is 5.11 Å². The first-order chi connectivity index (χ1) is 6.97. The summed E-state index contributed by atoms with van der Waals surface area (Å²) in [6.07, 6.45) is -4.05. The number of ether oxygens (including phenoxy) is 1. The molecule has 0 saturated carbocycles. The van der Waals surface area contributed by atoms with E-state index in [9.17, 15) is 19.8 Å². The van der Waals surface area contributed by atoms with E-state index >= 15 is 0 Å². The number of aliphatic hydroxyl groups is 3. The van der Waals surface area contributed by atoms with E-state index < -0.39 is 42.8 Å². The van der Waals surface area contributed by atoms with E-state index in [-0.39, 0.29) is 0 Å². The lowest BCUT2D eigenvalue weighted by Gasteiger charge is -2.35. The fourth-order valence-electron chi connectivity index (χ4n) is 1.36. The van der Waals surface area contributed by atoms with Gasteiger partial charge in [0.1, 0.15) is 12.2 Å². The van der Waals surface area contributed by atoms with Crippen LogP contribution >= 0.6 is 0 Å². The molecule has 1 rings (SSSR count). The minimum atomic E-state index is -1.48. The fourth-order valence-corrected chi connectivity index (χ4v) is 1.36. The van der Waals surface area contributed by atoms with Crippen molar-refractivity contribution in [2.45, 2.75) is 31.3 Å². The molecule has 0 spiro atoms. The average Bonchev–Trinajstić information content (AvgIpc) is 2.18. The summed E-state index contributed by atoms with van der Waals surface area (Å²) >= 11 is 0. The molecule has 0 unspecified atom stereocenters. The fraction of sp³-hybridized carbons (Fsp3) is 0.750. The number of hydrogen-bond acceptors (Lipinski definition) is 6. The number of nitrogens with one attached hydrogen (secondary N) is 1. The molecule has 4 atom stereocenters. The summed E-state index contributed by atoms with van der Waals surface area (Å²) in [5.41, 5.74) is 0. The summed E-state index contributed by atoms with van der Waals surface area (Å²) in [7, 11) is 0. The topological polar surface area (TPSA) is 116 Å². The Bertz CT molecular complexity index is 268. The Morgan fingerprint density at radius 3 is 2.53 bits per heavy atom. The smallest absolute Gasteiger partial charge is 0.331 e. The van der Waals surface area contributed by atoms with Crippen molar-refractivity contribution in [3.05, 3.63) is 0 Å². The van der Waals surface area contributed by atoms with Crippen LogP contribution in [0.3, 0.4) is 0 Å². The molecule has 0 radical (unpaired) electrons. The first-order valence-electron chi connectivity index (χ1n) is 4.42. The molecule has 1 heterocycles. The molecule has 1 amide bonds. The van der Waals surface area contributed by atoms with Crippen molar-refractivity contribution in [3.8, 4) is 0 Å². The first kappa shape index (κ1) is 11.9. The Kier molecular flexibility index (Phi) is 3.61. The second-order valence-electron chi connectivity index (χ2n) is 3.32. The van der Waals surface area contributed by atoms with Gasteiger partial charge in [-0.25, -0.2) is 4.79 Å².